The van der Waals surface area contributed by atoms with Crippen molar-refractivity contribution in [1.82, 2.24) is 4.90 Å². The van der Waals surface area contributed by atoms with Gasteiger partial charge in [0, 0.05) is 13.1 Å². The summed E-state index contributed by atoms with van der Waals surface area (Å²) in [5.74, 6) is 4.15. The van der Waals surface area contributed by atoms with Crippen LogP contribution in [-0.2, 0) is 9.53 Å². The van der Waals surface area contributed by atoms with Crippen LogP contribution in [0.3, 0.4) is 0 Å². The van der Waals surface area contributed by atoms with Gasteiger partial charge < -0.3 is 19.1 Å². The van der Waals surface area contributed by atoms with Crippen LogP contribution in [0, 0.1) is 18.3 Å². The quantitative estimate of drug-likeness (QED) is 0.570. The average molecular weight is 317 g/mol. The smallest absolute Gasteiger partial charge is 0.260 e. The molecule has 1 amide bonds. The Morgan fingerprint density at radius 1 is 1.30 bits per heavy atom. The third-order valence-corrected chi connectivity index (χ3v) is 3.93. The molecule has 0 spiro atoms. The number of carbonyl (C=O) groups excluding carboxylic acids is 1. The van der Waals surface area contributed by atoms with Crippen molar-refractivity contribution in [2.24, 2.45) is 5.92 Å². The molecule has 0 aliphatic carbocycles. The van der Waals surface area contributed by atoms with Crippen molar-refractivity contribution in [3.63, 3.8) is 0 Å². The standard InChI is InChI=1S/C18H23NO4/c1-3-12-22-13-15-8-10-19(11-9-15)18(20)14-23-17-7-5-4-6-16(17)21-2/h1,4-7,15H,8-14H2,2H3. The summed E-state index contributed by atoms with van der Waals surface area (Å²) < 4.78 is 16.2. The van der Waals surface area contributed by atoms with Crippen LogP contribution in [0.1, 0.15) is 12.8 Å². The maximum Gasteiger partial charge on any atom is 0.260 e. The van der Waals surface area contributed by atoms with Crippen molar-refractivity contribution in [3.8, 4) is 23.8 Å². The van der Waals surface area contributed by atoms with E-state index in [9.17, 15) is 4.79 Å². The molecule has 1 aliphatic heterocycles. The molecular formula is C18H23NO4. The van der Waals surface area contributed by atoms with Gasteiger partial charge in [0.2, 0.25) is 0 Å². The van der Waals surface area contributed by atoms with E-state index in [1.807, 2.05) is 23.1 Å². The Balaban J connectivity index is 1.74. The molecule has 5 heteroatoms. The summed E-state index contributed by atoms with van der Waals surface area (Å²) in [6.45, 7) is 2.52. The van der Waals surface area contributed by atoms with E-state index in [0.717, 1.165) is 25.9 Å². The highest BCUT2D eigenvalue weighted by Crippen LogP contribution is 2.26. The molecule has 1 aromatic rings. The van der Waals surface area contributed by atoms with Gasteiger partial charge in [-0.25, -0.2) is 0 Å². The van der Waals surface area contributed by atoms with Gasteiger partial charge in [-0.15, -0.1) is 6.42 Å². The fourth-order valence-electron chi connectivity index (χ4n) is 2.60. The maximum atomic E-state index is 12.2. The molecule has 0 N–H and O–H groups in total. The molecular weight excluding hydrogens is 294 g/mol. The number of amides is 1. The molecule has 1 aromatic carbocycles. The van der Waals surface area contributed by atoms with Crippen LogP contribution >= 0.6 is 0 Å². The fraction of sp³-hybridized carbons (Fsp3) is 0.500. The number of para-hydroxylation sites is 2. The Labute approximate surface area is 137 Å². The molecule has 1 saturated heterocycles. The molecule has 0 aromatic heterocycles. The van der Waals surface area contributed by atoms with Crippen LogP contribution in [0.5, 0.6) is 11.5 Å². The number of piperidine rings is 1. The summed E-state index contributed by atoms with van der Waals surface area (Å²) in [7, 11) is 1.58. The van der Waals surface area contributed by atoms with Crippen LogP contribution in [0.15, 0.2) is 24.3 Å². The van der Waals surface area contributed by atoms with Gasteiger partial charge >= 0.3 is 0 Å². The monoisotopic (exact) mass is 317 g/mol. The lowest BCUT2D eigenvalue weighted by atomic mass is 9.98. The Morgan fingerprint density at radius 2 is 2.00 bits per heavy atom. The van der Waals surface area contributed by atoms with Crippen LogP contribution in [0.4, 0.5) is 0 Å². The summed E-state index contributed by atoms with van der Waals surface area (Å²) in [5, 5.41) is 0. The van der Waals surface area contributed by atoms with E-state index < -0.39 is 0 Å². The van der Waals surface area contributed by atoms with E-state index in [0.29, 0.717) is 30.6 Å². The number of benzene rings is 1. The highest BCUT2D eigenvalue weighted by atomic mass is 16.5. The van der Waals surface area contributed by atoms with Gasteiger partial charge in [-0.05, 0) is 30.9 Å². The third kappa shape index (κ3) is 5.19. The zero-order valence-electron chi connectivity index (χ0n) is 13.5. The Kier molecular flexibility index (Phi) is 6.76. The average Bonchev–Trinajstić information content (AvgIpc) is 2.60. The van der Waals surface area contributed by atoms with Crippen molar-refractivity contribution < 1.29 is 19.0 Å². The van der Waals surface area contributed by atoms with Crippen molar-refractivity contribution >= 4 is 5.91 Å². The lowest BCUT2D eigenvalue weighted by Crippen LogP contribution is -2.41. The molecule has 0 radical (unpaired) electrons. The molecule has 1 heterocycles. The largest absolute Gasteiger partial charge is 0.493 e. The van der Waals surface area contributed by atoms with E-state index >= 15 is 0 Å². The van der Waals surface area contributed by atoms with Gasteiger partial charge in [0.25, 0.3) is 5.91 Å². The second-order valence-corrected chi connectivity index (χ2v) is 5.48. The number of rotatable bonds is 7. The molecule has 2 rings (SSSR count). The minimum atomic E-state index is -0.00102. The molecule has 0 bridgehead atoms. The van der Waals surface area contributed by atoms with Crippen LogP contribution in [0.25, 0.3) is 0 Å². The summed E-state index contributed by atoms with van der Waals surface area (Å²) in [5.41, 5.74) is 0. The number of carbonyl (C=O) groups is 1. The SMILES string of the molecule is C#CCOCC1CCN(C(=O)COc2ccccc2OC)CC1. The van der Waals surface area contributed by atoms with Gasteiger partial charge in [0.15, 0.2) is 18.1 Å². The molecule has 0 atom stereocenters. The lowest BCUT2D eigenvalue weighted by Gasteiger charge is -2.31. The predicted molar refractivity (Wildman–Crippen MR) is 87.4 cm³/mol. The van der Waals surface area contributed by atoms with Gasteiger partial charge in [-0.3, -0.25) is 4.79 Å². The number of ether oxygens (including phenoxy) is 3. The zero-order valence-corrected chi connectivity index (χ0v) is 13.5. The second-order valence-electron chi connectivity index (χ2n) is 5.48. The minimum Gasteiger partial charge on any atom is -0.493 e. The lowest BCUT2D eigenvalue weighted by molar-refractivity contribution is -0.135. The first-order chi connectivity index (χ1) is 11.2. The highest BCUT2D eigenvalue weighted by Gasteiger charge is 2.23. The summed E-state index contributed by atoms with van der Waals surface area (Å²) in [4.78, 5) is 14.1. The molecule has 23 heavy (non-hydrogen) atoms. The van der Waals surface area contributed by atoms with Crippen LogP contribution in [0.2, 0.25) is 0 Å². The molecule has 5 nitrogen and oxygen atoms in total. The normalized spacial score (nSPS) is 15.0. The van der Waals surface area contributed by atoms with E-state index in [1.54, 1.807) is 13.2 Å². The fourth-order valence-corrected chi connectivity index (χ4v) is 2.60. The topological polar surface area (TPSA) is 48.0 Å². The molecule has 0 saturated carbocycles. The van der Waals surface area contributed by atoms with E-state index in [2.05, 4.69) is 5.92 Å². The predicted octanol–water partition coefficient (Wildman–Crippen LogP) is 1.96. The van der Waals surface area contributed by atoms with Gasteiger partial charge in [-0.1, -0.05) is 18.1 Å². The van der Waals surface area contributed by atoms with Crippen molar-refractivity contribution in [1.29, 1.82) is 0 Å². The Bertz CT molecular complexity index is 544. The minimum absolute atomic E-state index is 0.00102. The van der Waals surface area contributed by atoms with Crippen molar-refractivity contribution in [3.05, 3.63) is 24.3 Å². The Morgan fingerprint density at radius 3 is 2.65 bits per heavy atom. The first-order valence-corrected chi connectivity index (χ1v) is 7.79. The zero-order chi connectivity index (χ0) is 16.5. The van der Waals surface area contributed by atoms with Crippen molar-refractivity contribution in [2.45, 2.75) is 12.8 Å². The number of nitrogens with zero attached hydrogens (tertiary/aromatic N) is 1. The molecule has 1 aliphatic rings. The van der Waals surface area contributed by atoms with E-state index in [4.69, 9.17) is 20.6 Å². The number of methoxy groups -OCH3 is 1. The highest BCUT2D eigenvalue weighted by molar-refractivity contribution is 5.78. The number of likely N-dealkylation sites (tertiary alicyclic amines) is 1. The Hall–Kier alpha value is -2.19. The van der Waals surface area contributed by atoms with Gasteiger partial charge in [0.05, 0.1) is 13.7 Å². The third-order valence-electron chi connectivity index (χ3n) is 3.93. The van der Waals surface area contributed by atoms with Gasteiger partial charge in [-0.2, -0.15) is 0 Å². The van der Waals surface area contributed by atoms with Crippen LogP contribution in [-0.4, -0.2) is 50.8 Å². The molecule has 124 valence electrons. The summed E-state index contributed by atoms with van der Waals surface area (Å²) >= 11 is 0. The molecule has 0 unspecified atom stereocenters. The maximum absolute atomic E-state index is 12.2. The second kappa shape index (κ2) is 9.06. The number of terminal acetylenes is 1. The van der Waals surface area contributed by atoms with Gasteiger partial charge in [0.1, 0.15) is 6.61 Å². The first-order valence-electron chi connectivity index (χ1n) is 7.79. The first kappa shape index (κ1) is 17.2. The number of hydrogen-bond donors (Lipinski definition) is 0. The van der Waals surface area contributed by atoms with Crippen molar-refractivity contribution in [2.75, 3.05) is 40.0 Å². The summed E-state index contributed by atoms with van der Waals surface area (Å²) in [6, 6.07) is 7.31. The number of hydrogen-bond acceptors (Lipinski definition) is 4. The van der Waals surface area contributed by atoms with E-state index in [-0.39, 0.29) is 12.5 Å². The van der Waals surface area contributed by atoms with E-state index in [1.165, 1.54) is 0 Å². The summed E-state index contributed by atoms with van der Waals surface area (Å²) in [6.07, 6.45) is 7.03. The molecule has 1 fully saturated rings. The van der Waals surface area contributed by atoms with Crippen LogP contribution < -0.4 is 9.47 Å².